The van der Waals surface area contributed by atoms with E-state index >= 15 is 0 Å². The van der Waals surface area contributed by atoms with Crippen molar-refractivity contribution in [3.63, 3.8) is 0 Å². The first-order valence-electron chi connectivity index (χ1n) is 7.12. The van der Waals surface area contributed by atoms with E-state index in [0.717, 1.165) is 48.1 Å². The summed E-state index contributed by atoms with van der Waals surface area (Å²) in [6.45, 7) is 1.65. The normalized spacial score (nSPS) is 13.8. The smallest absolute Gasteiger partial charge is 0.225 e. The third-order valence-corrected chi connectivity index (χ3v) is 3.86. The average Bonchev–Trinajstić information content (AvgIpc) is 2.97. The molecule has 22 heavy (non-hydrogen) atoms. The molecule has 0 aliphatic carbocycles. The zero-order valence-corrected chi connectivity index (χ0v) is 11.8. The van der Waals surface area contributed by atoms with Gasteiger partial charge in [0.15, 0.2) is 0 Å². The zero-order valence-electron chi connectivity index (χ0n) is 11.8. The summed E-state index contributed by atoms with van der Waals surface area (Å²) in [6.07, 6.45) is 4.91. The summed E-state index contributed by atoms with van der Waals surface area (Å²) in [6, 6.07) is 7.51. The minimum atomic E-state index is 0. The van der Waals surface area contributed by atoms with Crippen LogP contribution in [0.4, 0.5) is 0 Å². The van der Waals surface area contributed by atoms with Crippen molar-refractivity contribution in [2.75, 3.05) is 6.54 Å². The number of nitrogens with one attached hydrogen (secondary N) is 1. The second kappa shape index (κ2) is 5.23. The summed E-state index contributed by atoms with van der Waals surface area (Å²) < 4.78 is 7.49. The molecule has 3 heterocycles. The summed E-state index contributed by atoms with van der Waals surface area (Å²) in [5.74, 6) is 1.32. The van der Waals surface area contributed by atoms with Gasteiger partial charge in [0, 0.05) is 25.1 Å². The molecule has 0 atom stereocenters. The first-order valence-corrected chi connectivity index (χ1v) is 7.12. The quantitative estimate of drug-likeness (QED) is 0.750. The van der Waals surface area contributed by atoms with Crippen LogP contribution in [0.5, 0.6) is 11.6 Å². The van der Waals surface area contributed by atoms with Crippen molar-refractivity contribution < 1.29 is 11.0 Å². The van der Waals surface area contributed by atoms with Crippen LogP contribution in [0.3, 0.4) is 0 Å². The predicted molar refractivity (Wildman–Crippen MR) is 83.7 cm³/mol. The third kappa shape index (κ3) is 2.14. The van der Waals surface area contributed by atoms with Crippen molar-refractivity contribution in [1.29, 1.82) is 0 Å². The molecule has 6 nitrogen and oxygen atoms in total. The lowest BCUT2D eigenvalue weighted by atomic mass is 10.1. The Morgan fingerprint density at radius 2 is 2.27 bits per heavy atom. The van der Waals surface area contributed by atoms with Gasteiger partial charge in [0.25, 0.3) is 0 Å². The molecule has 0 saturated carbocycles. The predicted octanol–water partition coefficient (Wildman–Crippen LogP) is 2.15. The van der Waals surface area contributed by atoms with Crippen LogP contribution in [0.15, 0.2) is 36.8 Å². The summed E-state index contributed by atoms with van der Waals surface area (Å²) in [4.78, 5) is 19.5. The molecule has 0 fully saturated rings. The molecular formula is C16H16N4O2. The van der Waals surface area contributed by atoms with Crippen LogP contribution in [0.1, 0.15) is 12.7 Å². The minimum Gasteiger partial charge on any atom is -0.439 e. The number of ether oxygens (including phenoxy) is 1. The number of carbonyl (C=O) groups excluding carboxylic acids is 1. The molecule has 0 spiro atoms. The van der Waals surface area contributed by atoms with Crippen LogP contribution in [0.2, 0.25) is 0 Å². The molecule has 4 rings (SSSR count). The number of aromatic nitrogens is 3. The lowest BCUT2D eigenvalue weighted by Gasteiger charge is -2.18. The highest BCUT2D eigenvalue weighted by atomic mass is 16.5. The second-order valence-corrected chi connectivity index (χ2v) is 5.18. The molecule has 112 valence electrons. The average molecular weight is 296 g/mol. The van der Waals surface area contributed by atoms with Crippen LogP contribution in [0, 0.1) is 0 Å². The molecule has 0 radical (unpaired) electrons. The Kier molecular flexibility index (Phi) is 3.08. The van der Waals surface area contributed by atoms with Crippen molar-refractivity contribution in [2.45, 2.75) is 13.0 Å². The van der Waals surface area contributed by atoms with E-state index in [0.29, 0.717) is 11.6 Å². The monoisotopic (exact) mass is 296 g/mol. The summed E-state index contributed by atoms with van der Waals surface area (Å²) in [7, 11) is 0. The molecule has 1 N–H and O–H groups in total. The van der Waals surface area contributed by atoms with Crippen LogP contribution < -0.4 is 10.1 Å². The Labute approximate surface area is 128 Å². The maximum Gasteiger partial charge on any atom is 0.225 e. The maximum atomic E-state index is 10.9. The van der Waals surface area contributed by atoms with E-state index in [-0.39, 0.29) is 1.43 Å². The molecule has 3 aromatic rings. The number of rotatable bonds is 3. The maximum absolute atomic E-state index is 10.9. The largest absolute Gasteiger partial charge is 0.439 e. The van der Waals surface area contributed by atoms with Crippen molar-refractivity contribution in [2.24, 2.45) is 0 Å². The molecule has 0 unspecified atom stereocenters. The van der Waals surface area contributed by atoms with Gasteiger partial charge in [-0.3, -0.25) is 9.36 Å². The fourth-order valence-corrected chi connectivity index (χ4v) is 2.75. The van der Waals surface area contributed by atoms with Gasteiger partial charge >= 0.3 is 0 Å². The van der Waals surface area contributed by atoms with E-state index in [2.05, 4.69) is 15.3 Å². The van der Waals surface area contributed by atoms with Crippen LogP contribution in [-0.2, 0) is 17.8 Å². The molecule has 0 amide bonds. The van der Waals surface area contributed by atoms with Gasteiger partial charge in [0.2, 0.25) is 12.3 Å². The molecule has 1 aliphatic rings. The fraction of sp³-hybridized carbons (Fsp3) is 0.188. The zero-order chi connectivity index (χ0) is 14.9. The van der Waals surface area contributed by atoms with E-state index in [1.807, 2.05) is 24.3 Å². The lowest BCUT2D eigenvalue weighted by molar-refractivity contribution is 0.446. The number of fused-ring (bicyclic) bond motifs is 2. The molecule has 1 aromatic carbocycles. The van der Waals surface area contributed by atoms with E-state index in [9.17, 15) is 4.79 Å². The lowest BCUT2D eigenvalue weighted by Crippen LogP contribution is -2.25. The summed E-state index contributed by atoms with van der Waals surface area (Å²) in [5.41, 5.74) is 2.91. The SMILES string of the molecule is O=Cn1ccc2cc(Oc3ncnc4c3CCNC4)ccc21.[HH]. The van der Waals surface area contributed by atoms with Crippen molar-refractivity contribution >= 4 is 17.3 Å². The third-order valence-electron chi connectivity index (χ3n) is 3.86. The van der Waals surface area contributed by atoms with Crippen LogP contribution in [-0.4, -0.2) is 27.5 Å². The van der Waals surface area contributed by atoms with E-state index < -0.39 is 0 Å². The fourth-order valence-electron chi connectivity index (χ4n) is 2.75. The van der Waals surface area contributed by atoms with E-state index in [4.69, 9.17) is 4.74 Å². The van der Waals surface area contributed by atoms with Crippen molar-refractivity contribution in [1.82, 2.24) is 19.9 Å². The number of carbonyl (C=O) groups is 1. The number of benzene rings is 1. The second-order valence-electron chi connectivity index (χ2n) is 5.18. The van der Waals surface area contributed by atoms with E-state index in [1.54, 1.807) is 6.20 Å². The van der Waals surface area contributed by atoms with Crippen LogP contribution in [0.25, 0.3) is 10.9 Å². The van der Waals surface area contributed by atoms with Gasteiger partial charge in [-0.1, -0.05) is 0 Å². The Morgan fingerprint density at radius 3 is 3.18 bits per heavy atom. The number of nitrogens with zero attached hydrogens (tertiary/aromatic N) is 3. The number of hydrogen-bond acceptors (Lipinski definition) is 5. The molecule has 0 bridgehead atoms. The van der Waals surface area contributed by atoms with Gasteiger partial charge in [-0.2, -0.15) is 0 Å². The van der Waals surface area contributed by atoms with E-state index in [1.165, 1.54) is 10.9 Å². The highest BCUT2D eigenvalue weighted by Gasteiger charge is 2.16. The molecule has 0 saturated heterocycles. The summed E-state index contributed by atoms with van der Waals surface area (Å²) >= 11 is 0. The number of hydrogen-bond donors (Lipinski definition) is 1. The Morgan fingerprint density at radius 1 is 1.32 bits per heavy atom. The van der Waals surface area contributed by atoms with Crippen LogP contribution >= 0.6 is 0 Å². The first kappa shape index (κ1) is 13.0. The minimum absolute atomic E-state index is 0. The van der Waals surface area contributed by atoms with Crippen molar-refractivity contribution in [3.05, 3.63) is 48.0 Å². The molecule has 6 heteroatoms. The van der Waals surface area contributed by atoms with Gasteiger partial charge in [0.05, 0.1) is 11.2 Å². The van der Waals surface area contributed by atoms with Gasteiger partial charge in [0.1, 0.15) is 12.1 Å². The Balaban J connectivity index is 0.00000156. The van der Waals surface area contributed by atoms with Crippen molar-refractivity contribution in [3.8, 4) is 11.6 Å². The standard InChI is InChI=1S/C16H14N4O2.H2/c21-10-20-6-4-11-7-12(1-2-15(11)20)22-16-13-3-5-17-8-14(13)18-9-19-16;/h1-2,4,6-7,9-10,17H,3,5,8H2;1H. The van der Waals surface area contributed by atoms with Gasteiger partial charge in [-0.25, -0.2) is 9.97 Å². The first-order chi connectivity index (χ1) is 10.8. The molecule has 2 aromatic heterocycles. The summed E-state index contributed by atoms with van der Waals surface area (Å²) in [5, 5.41) is 4.24. The Bertz CT molecular complexity index is 862. The highest BCUT2D eigenvalue weighted by molar-refractivity contribution is 5.86. The molecular weight excluding hydrogens is 280 g/mol. The highest BCUT2D eigenvalue weighted by Crippen LogP contribution is 2.28. The topological polar surface area (TPSA) is 69.0 Å². The van der Waals surface area contributed by atoms with Gasteiger partial charge in [-0.05, 0) is 37.2 Å². The van der Waals surface area contributed by atoms with Gasteiger partial charge < -0.3 is 10.1 Å². The Hall–Kier alpha value is -2.73. The van der Waals surface area contributed by atoms with Gasteiger partial charge in [-0.15, -0.1) is 0 Å². The molecule has 1 aliphatic heterocycles.